The first kappa shape index (κ1) is 9.65. The minimum atomic E-state index is 0.822. The molecular weight excluding hydrogens is 186 g/mol. The van der Waals surface area contributed by atoms with E-state index in [0.717, 1.165) is 17.9 Å². The first-order valence-corrected chi connectivity index (χ1v) is 4.79. The molecular formula is C12H12N3. The van der Waals surface area contributed by atoms with E-state index in [9.17, 15) is 0 Å². The number of hydrogen-bond donors (Lipinski definition) is 0. The lowest BCUT2D eigenvalue weighted by Crippen LogP contribution is -1.98. The van der Waals surface area contributed by atoms with Crippen LogP contribution in [-0.2, 0) is 0 Å². The topological polar surface area (TPSA) is 30.7 Å². The summed E-state index contributed by atoms with van der Waals surface area (Å²) in [7, 11) is 0. The van der Waals surface area contributed by atoms with Crippen LogP contribution in [0.5, 0.6) is 0 Å². The molecule has 1 radical (unpaired) electrons. The Morgan fingerprint density at radius 3 is 2.80 bits per heavy atom. The molecule has 0 N–H and O–H groups in total. The first-order valence-electron chi connectivity index (χ1n) is 4.79. The van der Waals surface area contributed by atoms with Crippen LogP contribution in [0.1, 0.15) is 12.2 Å². The number of rotatable bonds is 4. The maximum absolute atomic E-state index is 4.27. The average Bonchev–Trinajstić information content (AvgIpc) is 2.75. The van der Waals surface area contributed by atoms with Crippen LogP contribution < -0.4 is 0 Å². The van der Waals surface area contributed by atoms with E-state index in [0.29, 0.717) is 0 Å². The highest BCUT2D eigenvalue weighted by molar-refractivity contribution is 5.32. The van der Waals surface area contributed by atoms with Crippen LogP contribution in [0.15, 0.2) is 49.6 Å². The van der Waals surface area contributed by atoms with Crippen LogP contribution in [0.4, 0.5) is 0 Å². The van der Waals surface area contributed by atoms with Crippen LogP contribution in [0.2, 0.25) is 0 Å². The summed E-state index contributed by atoms with van der Waals surface area (Å²) in [5.41, 5.74) is 1.07. The van der Waals surface area contributed by atoms with E-state index in [1.807, 2.05) is 35.4 Å². The van der Waals surface area contributed by atoms with Crippen molar-refractivity contribution in [2.75, 3.05) is 0 Å². The normalized spacial score (nSPS) is 10.1. The monoisotopic (exact) mass is 198 g/mol. The Labute approximate surface area is 89.1 Å². The van der Waals surface area contributed by atoms with Crippen molar-refractivity contribution in [1.82, 2.24) is 14.5 Å². The summed E-state index contributed by atoms with van der Waals surface area (Å²) in [4.78, 5) is 8.26. The Morgan fingerprint density at radius 2 is 2.07 bits per heavy atom. The minimum absolute atomic E-state index is 0.822. The molecule has 0 saturated heterocycles. The van der Waals surface area contributed by atoms with Crippen LogP contribution in [-0.4, -0.2) is 14.5 Å². The Bertz CT molecular complexity index is 431. The van der Waals surface area contributed by atoms with Gasteiger partial charge in [0.25, 0.3) is 0 Å². The van der Waals surface area contributed by atoms with Crippen molar-refractivity contribution in [3.63, 3.8) is 0 Å². The van der Waals surface area contributed by atoms with E-state index in [4.69, 9.17) is 0 Å². The zero-order valence-electron chi connectivity index (χ0n) is 8.37. The highest BCUT2D eigenvalue weighted by atomic mass is 15.1. The molecule has 0 spiro atoms. The van der Waals surface area contributed by atoms with Gasteiger partial charge in [-0.15, -0.1) is 6.58 Å². The fraction of sp³-hybridized carbons (Fsp3) is 0.0833. The number of aromatic nitrogens is 3. The minimum Gasteiger partial charge on any atom is -0.303 e. The Balaban J connectivity index is 2.29. The molecule has 0 aliphatic heterocycles. The highest BCUT2D eigenvalue weighted by Crippen LogP contribution is 2.11. The number of imidazole rings is 1. The summed E-state index contributed by atoms with van der Waals surface area (Å²) in [5, 5.41) is 0. The van der Waals surface area contributed by atoms with Crippen molar-refractivity contribution in [3.8, 4) is 5.69 Å². The maximum atomic E-state index is 4.27. The summed E-state index contributed by atoms with van der Waals surface area (Å²) in [6.07, 6.45) is 12.0. The van der Waals surface area contributed by atoms with Crippen molar-refractivity contribution in [2.45, 2.75) is 6.42 Å². The second kappa shape index (κ2) is 4.55. The summed E-state index contributed by atoms with van der Waals surface area (Å²) >= 11 is 0. The first-order chi connectivity index (χ1) is 7.42. The maximum Gasteiger partial charge on any atom is 0.117 e. The third kappa shape index (κ3) is 2.13. The van der Waals surface area contributed by atoms with Gasteiger partial charge in [0.1, 0.15) is 5.82 Å². The van der Waals surface area contributed by atoms with Gasteiger partial charge in [0.15, 0.2) is 0 Å². The Morgan fingerprint density at radius 1 is 1.27 bits per heavy atom. The molecule has 0 unspecified atom stereocenters. The van der Waals surface area contributed by atoms with Crippen molar-refractivity contribution in [3.05, 3.63) is 61.8 Å². The van der Waals surface area contributed by atoms with Gasteiger partial charge in [-0.2, -0.15) is 0 Å². The molecule has 0 aliphatic rings. The lowest BCUT2D eigenvalue weighted by Gasteiger charge is -2.05. The summed E-state index contributed by atoms with van der Waals surface area (Å²) in [6, 6.07) is 3.90. The second-order valence-electron chi connectivity index (χ2n) is 3.09. The molecule has 0 aliphatic carbocycles. The number of hydrogen-bond acceptors (Lipinski definition) is 2. The van der Waals surface area contributed by atoms with Gasteiger partial charge in [-0.3, -0.25) is 4.98 Å². The van der Waals surface area contributed by atoms with Crippen LogP contribution in [0, 0.1) is 6.42 Å². The third-order valence-electron chi connectivity index (χ3n) is 2.08. The fourth-order valence-electron chi connectivity index (χ4n) is 1.38. The molecule has 0 bridgehead atoms. The number of nitrogens with zero attached hydrogens (tertiary/aromatic N) is 3. The van der Waals surface area contributed by atoms with E-state index in [2.05, 4.69) is 16.5 Å². The molecule has 75 valence electrons. The van der Waals surface area contributed by atoms with Gasteiger partial charge >= 0.3 is 0 Å². The lowest BCUT2D eigenvalue weighted by atomic mass is 10.3. The van der Waals surface area contributed by atoms with Crippen LogP contribution in [0.3, 0.4) is 0 Å². The van der Waals surface area contributed by atoms with Gasteiger partial charge in [0, 0.05) is 36.9 Å². The van der Waals surface area contributed by atoms with Crippen LogP contribution >= 0.6 is 0 Å². The van der Waals surface area contributed by atoms with E-state index >= 15 is 0 Å². The molecule has 0 saturated carbocycles. The predicted molar refractivity (Wildman–Crippen MR) is 59.6 cm³/mol. The van der Waals surface area contributed by atoms with Crippen molar-refractivity contribution >= 4 is 0 Å². The van der Waals surface area contributed by atoms with Gasteiger partial charge < -0.3 is 4.57 Å². The van der Waals surface area contributed by atoms with Gasteiger partial charge in [0.05, 0.1) is 0 Å². The molecule has 3 heteroatoms. The van der Waals surface area contributed by atoms with Gasteiger partial charge in [-0.05, 0) is 18.6 Å². The molecule has 0 fully saturated rings. The zero-order chi connectivity index (χ0) is 10.5. The Kier molecular flexibility index (Phi) is 2.93. The SMILES string of the molecule is C=CC[CH]c1nccn1-c1ccncc1. The van der Waals surface area contributed by atoms with Gasteiger partial charge in [-0.1, -0.05) is 6.08 Å². The number of pyridine rings is 1. The third-order valence-corrected chi connectivity index (χ3v) is 2.08. The van der Waals surface area contributed by atoms with E-state index in [-0.39, 0.29) is 0 Å². The Hall–Kier alpha value is -1.90. The summed E-state index contributed by atoms with van der Waals surface area (Å²) < 4.78 is 2.02. The van der Waals surface area contributed by atoms with Crippen molar-refractivity contribution in [1.29, 1.82) is 0 Å². The number of allylic oxidation sites excluding steroid dienone is 1. The van der Waals surface area contributed by atoms with Crippen LogP contribution in [0.25, 0.3) is 5.69 Å². The van der Waals surface area contributed by atoms with E-state index in [1.165, 1.54) is 0 Å². The quantitative estimate of drug-likeness (QED) is 0.706. The largest absolute Gasteiger partial charge is 0.303 e. The van der Waals surface area contributed by atoms with Gasteiger partial charge in [-0.25, -0.2) is 4.98 Å². The zero-order valence-corrected chi connectivity index (χ0v) is 8.37. The molecule has 2 heterocycles. The fourth-order valence-corrected chi connectivity index (χ4v) is 1.38. The molecule has 0 aromatic carbocycles. The molecule has 2 rings (SSSR count). The summed E-state index contributed by atoms with van der Waals surface area (Å²) in [6.45, 7) is 3.68. The molecule has 2 aromatic heterocycles. The molecule has 2 aromatic rings. The van der Waals surface area contributed by atoms with E-state index < -0.39 is 0 Å². The smallest absolute Gasteiger partial charge is 0.117 e. The molecule has 15 heavy (non-hydrogen) atoms. The standard InChI is InChI=1S/C12H12N3/c1-2-3-4-12-14-9-10-15(12)11-5-7-13-8-6-11/h2,4-10H,1,3H2. The average molecular weight is 198 g/mol. The lowest BCUT2D eigenvalue weighted by molar-refractivity contribution is 0.960. The van der Waals surface area contributed by atoms with Gasteiger partial charge in [0.2, 0.25) is 0 Å². The molecule has 0 amide bonds. The van der Waals surface area contributed by atoms with E-state index in [1.54, 1.807) is 18.6 Å². The van der Waals surface area contributed by atoms with Crippen molar-refractivity contribution < 1.29 is 0 Å². The predicted octanol–water partition coefficient (Wildman–Crippen LogP) is 2.40. The summed E-state index contributed by atoms with van der Waals surface area (Å²) in [5.74, 6) is 0.932. The molecule has 0 atom stereocenters. The molecule has 3 nitrogen and oxygen atoms in total. The highest BCUT2D eigenvalue weighted by Gasteiger charge is 2.03. The second-order valence-corrected chi connectivity index (χ2v) is 3.09. The van der Waals surface area contributed by atoms with Crippen molar-refractivity contribution in [2.24, 2.45) is 0 Å².